The topological polar surface area (TPSA) is 64.4 Å². The van der Waals surface area contributed by atoms with E-state index in [2.05, 4.69) is 22.4 Å². The van der Waals surface area contributed by atoms with Crippen LogP contribution in [0.15, 0.2) is 39.9 Å². The summed E-state index contributed by atoms with van der Waals surface area (Å²) in [7, 11) is 0. The third-order valence-corrected chi connectivity index (χ3v) is 5.64. The number of nitrogens with one attached hydrogen (secondary N) is 1. The highest BCUT2D eigenvalue weighted by molar-refractivity contribution is 8.26. The molecular formula is C22H20N2O3S2. The van der Waals surface area contributed by atoms with Crippen molar-refractivity contribution in [1.82, 2.24) is 10.3 Å². The Morgan fingerprint density at radius 2 is 1.93 bits per heavy atom. The summed E-state index contributed by atoms with van der Waals surface area (Å²) in [5.41, 5.74) is 4.76. The number of nitrogens with zero attached hydrogens (tertiary/aromatic N) is 1. The second kappa shape index (κ2) is 7.65. The summed E-state index contributed by atoms with van der Waals surface area (Å²) in [6.07, 6.45) is 5.38. The van der Waals surface area contributed by atoms with Crippen LogP contribution in [0.2, 0.25) is 0 Å². The van der Waals surface area contributed by atoms with Crippen molar-refractivity contribution in [2.75, 3.05) is 0 Å². The molecule has 0 atom stereocenters. The first-order valence-corrected chi connectivity index (χ1v) is 10.4. The van der Waals surface area contributed by atoms with Crippen LogP contribution in [0, 0.1) is 13.8 Å². The van der Waals surface area contributed by atoms with Crippen molar-refractivity contribution in [3.05, 3.63) is 52.4 Å². The summed E-state index contributed by atoms with van der Waals surface area (Å²) < 4.78 is 12.5. The lowest BCUT2D eigenvalue weighted by Crippen LogP contribution is -2.17. The Bertz CT molecular complexity index is 1160. The molecule has 7 heteroatoms. The number of aromatic nitrogens is 1. The highest BCUT2D eigenvalue weighted by atomic mass is 32.2. The third-order valence-electron chi connectivity index (χ3n) is 4.48. The summed E-state index contributed by atoms with van der Waals surface area (Å²) in [6.45, 7) is 8.12. The molecule has 0 bridgehead atoms. The lowest BCUT2D eigenvalue weighted by Gasteiger charge is -2.16. The van der Waals surface area contributed by atoms with Crippen molar-refractivity contribution >= 4 is 51.3 Å². The van der Waals surface area contributed by atoms with Crippen molar-refractivity contribution in [3.8, 4) is 16.9 Å². The van der Waals surface area contributed by atoms with Gasteiger partial charge in [-0.2, -0.15) is 0 Å². The highest BCUT2D eigenvalue weighted by Gasteiger charge is 2.23. The molecule has 0 saturated carbocycles. The SMILES string of the molecule is Cc1cc(-c2cncc3cc(/C=C4\SC(=S)NC4=O)oc23)cc(C)c1OC(C)C. The van der Waals surface area contributed by atoms with E-state index in [1.54, 1.807) is 18.5 Å². The van der Waals surface area contributed by atoms with Gasteiger partial charge in [0.25, 0.3) is 5.91 Å². The van der Waals surface area contributed by atoms with Crippen molar-refractivity contribution in [2.45, 2.75) is 33.8 Å². The van der Waals surface area contributed by atoms with Gasteiger partial charge in [0, 0.05) is 29.4 Å². The average molecular weight is 425 g/mol. The normalized spacial score (nSPS) is 15.6. The highest BCUT2D eigenvalue weighted by Crippen LogP contribution is 2.36. The van der Waals surface area contributed by atoms with Gasteiger partial charge in [0.1, 0.15) is 21.4 Å². The van der Waals surface area contributed by atoms with Crippen molar-refractivity contribution in [3.63, 3.8) is 0 Å². The largest absolute Gasteiger partial charge is 0.490 e. The zero-order valence-electron chi connectivity index (χ0n) is 16.5. The Hall–Kier alpha value is -2.64. The summed E-state index contributed by atoms with van der Waals surface area (Å²) in [5, 5.41) is 3.48. The van der Waals surface area contributed by atoms with Gasteiger partial charge in [0.05, 0.1) is 11.0 Å². The second-order valence-corrected chi connectivity index (χ2v) is 8.93. The molecule has 0 spiro atoms. The number of carbonyl (C=O) groups is 1. The Morgan fingerprint density at radius 3 is 2.55 bits per heavy atom. The fourth-order valence-electron chi connectivity index (χ4n) is 3.34. The number of hydrogen-bond acceptors (Lipinski definition) is 6. The van der Waals surface area contributed by atoms with E-state index in [0.29, 0.717) is 15.0 Å². The minimum atomic E-state index is -0.203. The number of thiocarbonyl (C=S) groups is 1. The standard InChI is InChI=1S/C22H20N2O3S2/c1-11(2)26-19-12(3)5-14(6-13(19)4)17-10-23-9-15-7-16(27-20(15)17)8-18-21(25)24-22(28)29-18/h5-11H,1-4H3,(H,24,25,28)/b18-8-. The predicted molar refractivity (Wildman–Crippen MR) is 121 cm³/mol. The summed E-state index contributed by atoms with van der Waals surface area (Å²) in [4.78, 5) is 16.8. The number of pyridine rings is 1. The maximum Gasteiger partial charge on any atom is 0.263 e. The fourth-order valence-corrected chi connectivity index (χ4v) is 4.36. The Kier molecular flexibility index (Phi) is 5.19. The number of fused-ring (bicyclic) bond motifs is 1. The first-order chi connectivity index (χ1) is 13.8. The van der Waals surface area contributed by atoms with E-state index in [9.17, 15) is 4.79 Å². The van der Waals surface area contributed by atoms with Gasteiger partial charge in [-0.15, -0.1) is 0 Å². The maximum absolute atomic E-state index is 11.9. The molecule has 1 fully saturated rings. The molecule has 29 heavy (non-hydrogen) atoms. The van der Waals surface area contributed by atoms with E-state index in [0.717, 1.165) is 39.0 Å². The average Bonchev–Trinajstić information content (AvgIpc) is 3.19. The molecule has 2 aromatic heterocycles. The minimum absolute atomic E-state index is 0.113. The van der Waals surface area contributed by atoms with Crippen LogP contribution < -0.4 is 10.1 Å². The van der Waals surface area contributed by atoms with Gasteiger partial charge in [-0.25, -0.2) is 0 Å². The van der Waals surface area contributed by atoms with Gasteiger partial charge < -0.3 is 14.5 Å². The number of amides is 1. The van der Waals surface area contributed by atoms with Gasteiger partial charge >= 0.3 is 0 Å². The molecule has 3 aromatic rings. The van der Waals surface area contributed by atoms with Crippen LogP contribution in [0.5, 0.6) is 5.75 Å². The van der Waals surface area contributed by atoms with Crippen LogP contribution in [0.4, 0.5) is 0 Å². The van der Waals surface area contributed by atoms with Gasteiger partial charge in [-0.3, -0.25) is 9.78 Å². The molecule has 1 aliphatic heterocycles. The van der Waals surface area contributed by atoms with Crippen LogP contribution in [0.25, 0.3) is 28.2 Å². The molecule has 1 saturated heterocycles. The summed E-state index contributed by atoms with van der Waals surface area (Å²) in [6, 6.07) is 6.05. The zero-order chi connectivity index (χ0) is 20.7. The molecular weight excluding hydrogens is 404 g/mol. The van der Waals surface area contributed by atoms with E-state index in [4.69, 9.17) is 21.4 Å². The lowest BCUT2D eigenvalue weighted by atomic mass is 10.00. The van der Waals surface area contributed by atoms with Gasteiger partial charge in [-0.05, 0) is 62.6 Å². The molecule has 3 heterocycles. The Balaban J connectivity index is 1.78. The van der Waals surface area contributed by atoms with Gasteiger partial charge in [0.2, 0.25) is 0 Å². The third kappa shape index (κ3) is 3.93. The minimum Gasteiger partial charge on any atom is -0.490 e. The van der Waals surface area contributed by atoms with E-state index in [-0.39, 0.29) is 12.0 Å². The zero-order valence-corrected chi connectivity index (χ0v) is 18.2. The first-order valence-electron chi connectivity index (χ1n) is 9.22. The summed E-state index contributed by atoms with van der Waals surface area (Å²) in [5.74, 6) is 1.30. The van der Waals surface area contributed by atoms with Crippen LogP contribution >= 0.6 is 24.0 Å². The van der Waals surface area contributed by atoms with E-state index in [1.165, 1.54) is 11.8 Å². The molecule has 1 amide bonds. The number of rotatable bonds is 4. The quantitative estimate of drug-likeness (QED) is 0.448. The smallest absolute Gasteiger partial charge is 0.263 e. The van der Waals surface area contributed by atoms with Crippen molar-refractivity contribution in [1.29, 1.82) is 0 Å². The number of hydrogen-bond donors (Lipinski definition) is 1. The van der Waals surface area contributed by atoms with E-state index in [1.807, 2.05) is 33.8 Å². The molecule has 4 rings (SSSR count). The van der Waals surface area contributed by atoms with Crippen molar-refractivity contribution in [2.24, 2.45) is 0 Å². The first kappa shape index (κ1) is 19.7. The Morgan fingerprint density at radius 1 is 1.21 bits per heavy atom. The number of aryl methyl sites for hydroxylation is 2. The van der Waals surface area contributed by atoms with Crippen LogP contribution in [-0.2, 0) is 4.79 Å². The fraction of sp³-hybridized carbons (Fsp3) is 0.227. The van der Waals surface area contributed by atoms with E-state index >= 15 is 0 Å². The molecule has 1 aromatic carbocycles. The predicted octanol–water partition coefficient (Wildman–Crippen LogP) is 5.39. The number of ether oxygens (including phenoxy) is 1. The van der Waals surface area contributed by atoms with Crippen molar-refractivity contribution < 1.29 is 13.9 Å². The van der Waals surface area contributed by atoms with Gasteiger partial charge in [-0.1, -0.05) is 24.0 Å². The van der Waals surface area contributed by atoms with Crippen LogP contribution in [0.3, 0.4) is 0 Å². The maximum atomic E-state index is 11.9. The molecule has 0 aliphatic carbocycles. The number of furan rings is 1. The molecule has 148 valence electrons. The lowest BCUT2D eigenvalue weighted by molar-refractivity contribution is -0.115. The molecule has 0 unspecified atom stereocenters. The molecule has 5 nitrogen and oxygen atoms in total. The van der Waals surface area contributed by atoms with E-state index < -0.39 is 0 Å². The monoisotopic (exact) mass is 424 g/mol. The molecule has 1 aliphatic rings. The number of carbonyl (C=O) groups excluding carboxylic acids is 1. The molecule has 1 N–H and O–H groups in total. The molecule has 0 radical (unpaired) electrons. The Labute approximate surface area is 178 Å². The summed E-state index contributed by atoms with van der Waals surface area (Å²) >= 11 is 6.27. The number of benzene rings is 1. The van der Waals surface area contributed by atoms with Crippen LogP contribution in [-0.4, -0.2) is 21.3 Å². The van der Waals surface area contributed by atoms with Gasteiger partial charge in [0.15, 0.2) is 0 Å². The van der Waals surface area contributed by atoms with Crippen LogP contribution in [0.1, 0.15) is 30.7 Å². The second-order valence-electron chi connectivity index (χ2n) is 7.21. The number of thioether (sulfide) groups is 1.